The normalized spacial score (nSPS) is 14.7. The van der Waals surface area contributed by atoms with Gasteiger partial charge in [0.15, 0.2) is 0 Å². The fourth-order valence-corrected chi connectivity index (χ4v) is 1.48. The Hall–Kier alpha value is -0.770. The third-order valence-corrected chi connectivity index (χ3v) is 2.53. The molecule has 0 fully saturated rings. The number of nitrogens with zero attached hydrogens (tertiary/aromatic N) is 2. The maximum absolute atomic E-state index is 8.48. The lowest BCUT2D eigenvalue weighted by molar-refractivity contribution is 0.234. The molecule has 0 aliphatic carbocycles. The molecule has 1 atom stereocenters. The number of oxime groups is 1. The van der Waals surface area contributed by atoms with E-state index in [0.717, 1.165) is 13.0 Å². The predicted molar refractivity (Wildman–Crippen MR) is 59.6 cm³/mol. The van der Waals surface area contributed by atoms with Crippen molar-refractivity contribution >= 4 is 5.84 Å². The third-order valence-electron chi connectivity index (χ3n) is 2.53. The molecule has 4 heteroatoms. The van der Waals surface area contributed by atoms with Crippen LogP contribution in [0.4, 0.5) is 0 Å². The predicted octanol–water partition coefficient (Wildman–Crippen LogP) is 1.63. The molecule has 0 spiro atoms. The summed E-state index contributed by atoms with van der Waals surface area (Å²) in [6, 6.07) is 0.387. The van der Waals surface area contributed by atoms with Crippen LogP contribution in [-0.4, -0.2) is 35.6 Å². The Morgan fingerprint density at radius 1 is 1.50 bits per heavy atom. The molecule has 0 heterocycles. The molecule has 84 valence electrons. The van der Waals surface area contributed by atoms with E-state index in [1.807, 2.05) is 0 Å². The fourth-order valence-electron chi connectivity index (χ4n) is 1.48. The molecule has 0 radical (unpaired) electrons. The third kappa shape index (κ3) is 5.07. The number of rotatable bonds is 7. The quantitative estimate of drug-likeness (QED) is 0.285. The van der Waals surface area contributed by atoms with E-state index in [1.54, 1.807) is 0 Å². The maximum Gasteiger partial charge on any atom is 0.140 e. The topological polar surface area (TPSA) is 61.8 Å². The Morgan fingerprint density at radius 3 is 2.57 bits per heavy atom. The summed E-state index contributed by atoms with van der Waals surface area (Å²) in [6.45, 7) is 5.38. The summed E-state index contributed by atoms with van der Waals surface area (Å²) in [7, 11) is 2.09. The molecule has 14 heavy (non-hydrogen) atoms. The van der Waals surface area contributed by atoms with Crippen LogP contribution in [0, 0.1) is 0 Å². The highest BCUT2D eigenvalue weighted by molar-refractivity contribution is 5.80. The zero-order chi connectivity index (χ0) is 11.0. The molecule has 3 N–H and O–H groups in total. The Labute approximate surface area is 86.8 Å². The van der Waals surface area contributed by atoms with Gasteiger partial charge in [0.2, 0.25) is 0 Å². The number of unbranched alkanes of at least 4 members (excludes halogenated alkanes) is 1. The van der Waals surface area contributed by atoms with Crippen molar-refractivity contribution in [2.45, 2.75) is 45.6 Å². The number of hydrogen-bond acceptors (Lipinski definition) is 3. The van der Waals surface area contributed by atoms with Gasteiger partial charge in [0.1, 0.15) is 5.84 Å². The van der Waals surface area contributed by atoms with Gasteiger partial charge < -0.3 is 15.8 Å². The van der Waals surface area contributed by atoms with Gasteiger partial charge in [-0.05, 0) is 26.4 Å². The molecule has 0 saturated heterocycles. The summed E-state index contributed by atoms with van der Waals surface area (Å²) in [5.41, 5.74) is 5.49. The first-order chi connectivity index (χ1) is 6.65. The van der Waals surface area contributed by atoms with E-state index < -0.39 is 0 Å². The van der Waals surface area contributed by atoms with Gasteiger partial charge in [-0.15, -0.1) is 0 Å². The molecule has 0 rings (SSSR count). The van der Waals surface area contributed by atoms with Gasteiger partial charge in [-0.25, -0.2) is 0 Å². The zero-order valence-corrected chi connectivity index (χ0v) is 9.53. The van der Waals surface area contributed by atoms with E-state index in [1.165, 1.54) is 12.8 Å². The van der Waals surface area contributed by atoms with Crippen molar-refractivity contribution in [2.24, 2.45) is 10.9 Å². The van der Waals surface area contributed by atoms with Crippen molar-refractivity contribution in [1.82, 2.24) is 4.90 Å². The van der Waals surface area contributed by atoms with Crippen LogP contribution >= 0.6 is 0 Å². The number of amidine groups is 1. The summed E-state index contributed by atoms with van der Waals surface area (Å²) in [6.07, 6.45) is 4.07. The van der Waals surface area contributed by atoms with Gasteiger partial charge in [0.05, 0.1) is 0 Å². The van der Waals surface area contributed by atoms with Crippen molar-refractivity contribution in [3.63, 3.8) is 0 Å². The Balaban J connectivity index is 3.98. The molecule has 0 aromatic heterocycles. The molecule has 0 amide bonds. The number of hydrogen-bond donors (Lipinski definition) is 2. The van der Waals surface area contributed by atoms with E-state index in [2.05, 4.69) is 31.0 Å². The average Bonchev–Trinajstić information content (AvgIpc) is 2.21. The van der Waals surface area contributed by atoms with Crippen molar-refractivity contribution in [2.75, 3.05) is 13.6 Å². The standard InChI is InChI=1S/C10H23N3O/c1-4-6-7-13(3)9(5-2)8-10(11)12-14/h9,14H,4-8H2,1-3H3,(H2,11,12). The minimum atomic E-state index is 0.320. The minimum absolute atomic E-state index is 0.320. The highest BCUT2D eigenvalue weighted by atomic mass is 16.4. The first kappa shape index (κ1) is 13.2. The summed E-state index contributed by atoms with van der Waals surface area (Å²) >= 11 is 0. The van der Waals surface area contributed by atoms with Crippen LogP contribution in [0.3, 0.4) is 0 Å². The number of nitrogens with two attached hydrogens (primary N) is 1. The van der Waals surface area contributed by atoms with E-state index in [-0.39, 0.29) is 0 Å². The molecule has 0 bridgehead atoms. The first-order valence-corrected chi connectivity index (χ1v) is 5.32. The van der Waals surface area contributed by atoms with Crippen LogP contribution in [0.25, 0.3) is 0 Å². The van der Waals surface area contributed by atoms with Crippen LogP contribution in [0.2, 0.25) is 0 Å². The SMILES string of the molecule is CCCCN(C)C(CC)C/C(N)=N/O. The lowest BCUT2D eigenvalue weighted by Gasteiger charge is -2.26. The van der Waals surface area contributed by atoms with E-state index in [9.17, 15) is 0 Å². The summed E-state index contributed by atoms with van der Waals surface area (Å²) in [5.74, 6) is 0.320. The maximum atomic E-state index is 8.48. The van der Waals surface area contributed by atoms with Crippen molar-refractivity contribution < 1.29 is 5.21 Å². The van der Waals surface area contributed by atoms with Gasteiger partial charge in [-0.2, -0.15) is 0 Å². The molecular formula is C10H23N3O. The van der Waals surface area contributed by atoms with Gasteiger partial charge in [0.25, 0.3) is 0 Å². The van der Waals surface area contributed by atoms with E-state index in [4.69, 9.17) is 10.9 Å². The van der Waals surface area contributed by atoms with E-state index >= 15 is 0 Å². The zero-order valence-electron chi connectivity index (χ0n) is 9.53. The fraction of sp³-hybridized carbons (Fsp3) is 0.900. The lowest BCUT2D eigenvalue weighted by Crippen LogP contribution is -2.35. The Kier molecular flexibility index (Phi) is 7.20. The van der Waals surface area contributed by atoms with Crippen molar-refractivity contribution in [1.29, 1.82) is 0 Å². The summed E-state index contributed by atoms with van der Waals surface area (Å²) < 4.78 is 0. The van der Waals surface area contributed by atoms with Gasteiger partial charge in [0, 0.05) is 12.5 Å². The monoisotopic (exact) mass is 201 g/mol. The molecule has 1 unspecified atom stereocenters. The second kappa shape index (κ2) is 7.62. The smallest absolute Gasteiger partial charge is 0.140 e. The van der Waals surface area contributed by atoms with Crippen LogP contribution in [-0.2, 0) is 0 Å². The summed E-state index contributed by atoms with van der Waals surface area (Å²) in [4.78, 5) is 2.28. The van der Waals surface area contributed by atoms with Crippen LogP contribution in [0.1, 0.15) is 39.5 Å². The van der Waals surface area contributed by atoms with Gasteiger partial charge >= 0.3 is 0 Å². The molecular weight excluding hydrogens is 178 g/mol. The second-order valence-corrected chi connectivity index (χ2v) is 3.69. The summed E-state index contributed by atoms with van der Waals surface area (Å²) in [5, 5.41) is 11.5. The molecule has 0 aromatic carbocycles. The van der Waals surface area contributed by atoms with Gasteiger partial charge in [-0.1, -0.05) is 25.4 Å². The van der Waals surface area contributed by atoms with Crippen molar-refractivity contribution in [3.05, 3.63) is 0 Å². The molecule has 0 aromatic rings. The lowest BCUT2D eigenvalue weighted by atomic mass is 10.1. The molecule has 0 aliphatic heterocycles. The largest absolute Gasteiger partial charge is 0.409 e. The Bertz CT molecular complexity index is 171. The minimum Gasteiger partial charge on any atom is -0.409 e. The van der Waals surface area contributed by atoms with Crippen LogP contribution in [0.15, 0.2) is 5.16 Å². The second-order valence-electron chi connectivity index (χ2n) is 3.69. The van der Waals surface area contributed by atoms with Crippen LogP contribution in [0.5, 0.6) is 0 Å². The highest BCUT2D eigenvalue weighted by Crippen LogP contribution is 2.07. The van der Waals surface area contributed by atoms with Crippen LogP contribution < -0.4 is 5.73 Å². The van der Waals surface area contributed by atoms with Crippen molar-refractivity contribution in [3.8, 4) is 0 Å². The first-order valence-electron chi connectivity index (χ1n) is 5.32. The molecule has 0 aliphatic rings. The highest BCUT2D eigenvalue weighted by Gasteiger charge is 2.13. The Morgan fingerprint density at radius 2 is 2.14 bits per heavy atom. The van der Waals surface area contributed by atoms with E-state index in [0.29, 0.717) is 18.3 Å². The van der Waals surface area contributed by atoms with Gasteiger partial charge in [-0.3, -0.25) is 0 Å². The molecule has 0 saturated carbocycles. The molecule has 4 nitrogen and oxygen atoms in total. The average molecular weight is 201 g/mol.